The molecule has 6 heteroatoms. The van der Waals surface area contributed by atoms with Crippen molar-refractivity contribution in [3.63, 3.8) is 0 Å². The van der Waals surface area contributed by atoms with Gasteiger partial charge in [-0.1, -0.05) is 64.2 Å². The minimum Gasteiger partial charge on any atom is -0.497 e. The lowest BCUT2D eigenvalue weighted by atomic mass is 9.79. The Morgan fingerprint density at radius 3 is 2.39 bits per heavy atom. The lowest BCUT2D eigenvalue weighted by Gasteiger charge is -2.42. The van der Waals surface area contributed by atoms with Crippen molar-refractivity contribution in [3.05, 3.63) is 59.4 Å². The van der Waals surface area contributed by atoms with Crippen LogP contribution in [0.1, 0.15) is 76.3 Å². The summed E-state index contributed by atoms with van der Waals surface area (Å²) in [6.07, 6.45) is 8.79. The molecule has 1 aliphatic heterocycles. The first-order valence-corrected chi connectivity index (χ1v) is 17.9. The fraction of sp³-hybridized carbons (Fsp3) is 0.562. The second-order valence-electron chi connectivity index (χ2n) is 11.7. The number of hydrogen-bond acceptors (Lipinski definition) is 4. The minimum atomic E-state index is -1.64. The average molecular weight is 557 g/mol. The normalized spacial score (nSPS) is 19.2. The molecule has 1 aliphatic rings. The Labute approximate surface area is 235 Å². The summed E-state index contributed by atoms with van der Waals surface area (Å²) in [5.74, 6) is 8.38. The first-order chi connectivity index (χ1) is 18.0. The topological polar surface area (TPSA) is 27.7 Å². The molecule has 3 nitrogen and oxygen atoms in total. The molecule has 0 spiro atoms. The van der Waals surface area contributed by atoms with E-state index in [4.69, 9.17) is 13.9 Å². The van der Waals surface area contributed by atoms with E-state index in [0.29, 0.717) is 6.61 Å². The van der Waals surface area contributed by atoms with Gasteiger partial charge in [-0.15, -0.1) is 17.7 Å². The number of fused-ring (bicyclic) bond motifs is 1. The number of ether oxygens (including phenoxy) is 2. The Hall–Kier alpha value is -1.94. The monoisotopic (exact) mass is 556 g/mol. The highest BCUT2D eigenvalue weighted by molar-refractivity contribution is 7.99. The first kappa shape index (κ1) is 30.6. The molecule has 0 saturated heterocycles. The maximum atomic E-state index is 13.7. The number of unbranched alkanes of at least 4 members (excludes halogenated alkanes) is 5. The molecule has 0 saturated carbocycles. The van der Waals surface area contributed by atoms with Crippen molar-refractivity contribution in [2.24, 2.45) is 0 Å². The van der Waals surface area contributed by atoms with Crippen molar-refractivity contribution in [1.29, 1.82) is 0 Å². The number of thioether (sulfide) groups is 1. The summed E-state index contributed by atoms with van der Waals surface area (Å²) in [5.41, 5.74) is 2.09. The number of benzene rings is 2. The molecule has 208 valence electrons. The molecular weight excluding hydrogens is 512 g/mol. The minimum absolute atomic E-state index is 0.0647. The maximum Gasteiger partial charge on any atom is 0.191 e. The molecule has 2 unspecified atom stereocenters. The molecule has 1 heterocycles. The van der Waals surface area contributed by atoms with Crippen LogP contribution in [0.25, 0.3) is 0 Å². The molecule has 0 N–H and O–H groups in total. The van der Waals surface area contributed by atoms with E-state index < -0.39 is 13.1 Å². The summed E-state index contributed by atoms with van der Waals surface area (Å²) in [6.45, 7) is 12.9. The van der Waals surface area contributed by atoms with E-state index in [2.05, 4.69) is 58.0 Å². The SMILES string of the molecule is COc1ccc2c(c1)OCC(SC)(c1ccc(F)cc1)C2C#CCCCCCCCO[Si](C)(C)C(C)(C)C. The van der Waals surface area contributed by atoms with E-state index in [9.17, 15) is 4.39 Å². The van der Waals surface area contributed by atoms with Crippen LogP contribution in [-0.4, -0.2) is 34.9 Å². The highest BCUT2D eigenvalue weighted by Crippen LogP contribution is 2.52. The Bertz CT molecular complexity index is 1100. The van der Waals surface area contributed by atoms with Gasteiger partial charge >= 0.3 is 0 Å². The zero-order valence-electron chi connectivity index (χ0n) is 24.3. The third kappa shape index (κ3) is 7.37. The Morgan fingerprint density at radius 1 is 1.05 bits per heavy atom. The van der Waals surface area contributed by atoms with Crippen LogP contribution < -0.4 is 9.47 Å². The zero-order chi connectivity index (χ0) is 27.8. The van der Waals surface area contributed by atoms with E-state index in [1.807, 2.05) is 24.3 Å². The van der Waals surface area contributed by atoms with Crippen LogP contribution in [0.4, 0.5) is 4.39 Å². The van der Waals surface area contributed by atoms with Gasteiger partial charge in [0.25, 0.3) is 0 Å². The van der Waals surface area contributed by atoms with Crippen LogP contribution in [-0.2, 0) is 9.17 Å². The van der Waals surface area contributed by atoms with Gasteiger partial charge < -0.3 is 13.9 Å². The molecule has 0 fully saturated rings. The number of hydrogen-bond donors (Lipinski definition) is 0. The van der Waals surface area contributed by atoms with Crippen LogP contribution in [0.15, 0.2) is 42.5 Å². The number of halogens is 1. The van der Waals surface area contributed by atoms with E-state index in [1.54, 1.807) is 18.9 Å². The van der Waals surface area contributed by atoms with Crippen LogP contribution in [0.2, 0.25) is 18.1 Å². The second kappa shape index (κ2) is 13.4. The van der Waals surface area contributed by atoms with Crippen LogP contribution in [0, 0.1) is 17.7 Å². The van der Waals surface area contributed by atoms with Crippen molar-refractivity contribution in [1.82, 2.24) is 0 Å². The Morgan fingerprint density at radius 2 is 1.74 bits per heavy atom. The van der Waals surface area contributed by atoms with E-state index >= 15 is 0 Å². The highest BCUT2D eigenvalue weighted by Gasteiger charge is 2.45. The predicted molar refractivity (Wildman–Crippen MR) is 161 cm³/mol. The lowest BCUT2D eigenvalue weighted by Crippen LogP contribution is -2.40. The lowest BCUT2D eigenvalue weighted by molar-refractivity contribution is 0.233. The highest BCUT2D eigenvalue weighted by atomic mass is 32.2. The molecule has 0 aliphatic carbocycles. The molecule has 2 aromatic carbocycles. The largest absolute Gasteiger partial charge is 0.497 e. The molecule has 3 rings (SSSR count). The summed E-state index contributed by atoms with van der Waals surface area (Å²) in [6, 6.07) is 12.8. The fourth-order valence-electron chi connectivity index (χ4n) is 4.56. The van der Waals surface area contributed by atoms with Crippen molar-refractivity contribution in [2.45, 2.75) is 88.1 Å². The van der Waals surface area contributed by atoms with Gasteiger partial charge in [-0.25, -0.2) is 4.39 Å². The number of rotatable bonds is 11. The first-order valence-electron chi connectivity index (χ1n) is 13.8. The van der Waals surface area contributed by atoms with Gasteiger partial charge in [0.15, 0.2) is 8.32 Å². The van der Waals surface area contributed by atoms with E-state index in [0.717, 1.165) is 48.5 Å². The molecule has 0 amide bonds. The van der Waals surface area contributed by atoms with E-state index in [1.165, 1.54) is 31.4 Å². The second-order valence-corrected chi connectivity index (χ2v) is 17.6. The van der Waals surface area contributed by atoms with Crippen molar-refractivity contribution >= 4 is 20.1 Å². The smallest absolute Gasteiger partial charge is 0.191 e. The third-order valence-electron chi connectivity index (χ3n) is 8.10. The van der Waals surface area contributed by atoms with Crippen LogP contribution in [0.3, 0.4) is 0 Å². The Kier molecular flexibility index (Phi) is 10.8. The van der Waals surface area contributed by atoms with Crippen molar-refractivity contribution in [3.8, 4) is 23.3 Å². The van der Waals surface area contributed by atoms with Crippen LogP contribution in [0.5, 0.6) is 11.5 Å². The van der Waals surface area contributed by atoms with Gasteiger partial charge in [0.05, 0.1) is 17.8 Å². The van der Waals surface area contributed by atoms with Crippen molar-refractivity contribution < 1.29 is 18.3 Å². The standard InChI is InChI=1S/C32H45FO3SSi/c1-31(2,3)38(6,7)36-22-14-12-10-8-9-11-13-15-29-28-21-20-27(34-4)23-30(28)35-24-32(29,37-5)25-16-18-26(33)19-17-25/h16-21,23,29H,8-12,14,22,24H2,1-7H3. The molecule has 38 heavy (non-hydrogen) atoms. The van der Waals surface area contributed by atoms with Gasteiger partial charge in [0, 0.05) is 24.7 Å². The van der Waals surface area contributed by atoms with Gasteiger partial charge in [-0.2, -0.15) is 0 Å². The van der Waals surface area contributed by atoms with Crippen molar-refractivity contribution in [2.75, 3.05) is 26.6 Å². The molecule has 0 bridgehead atoms. The molecule has 2 atom stereocenters. The Balaban J connectivity index is 1.61. The quantitative estimate of drug-likeness (QED) is 0.157. The summed E-state index contributed by atoms with van der Waals surface area (Å²) in [5, 5.41) is 0.271. The van der Waals surface area contributed by atoms with E-state index in [-0.39, 0.29) is 16.8 Å². The third-order valence-corrected chi connectivity index (χ3v) is 14.0. The summed E-state index contributed by atoms with van der Waals surface area (Å²) >= 11 is 1.73. The average Bonchev–Trinajstić information content (AvgIpc) is 2.89. The molecule has 0 aromatic heterocycles. The van der Waals surface area contributed by atoms with Crippen LogP contribution >= 0.6 is 11.8 Å². The number of methoxy groups -OCH3 is 1. The summed E-state index contributed by atoms with van der Waals surface area (Å²) in [4.78, 5) is 0. The molecule has 2 aromatic rings. The van der Waals surface area contributed by atoms with Gasteiger partial charge in [0.1, 0.15) is 23.9 Å². The van der Waals surface area contributed by atoms with Gasteiger partial charge in [0.2, 0.25) is 0 Å². The fourth-order valence-corrected chi connectivity index (χ4v) is 6.62. The molecular formula is C32H45FO3SSi. The summed E-state index contributed by atoms with van der Waals surface area (Å²) < 4.78 is 31.3. The van der Waals surface area contributed by atoms with Gasteiger partial charge in [-0.3, -0.25) is 0 Å². The maximum absolute atomic E-state index is 13.7. The van der Waals surface area contributed by atoms with Gasteiger partial charge in [-0.05, 0) is 61.0 Å². The zero-order valence-corrected chi connectivity index (χ0v) is 26.1. The predicted octanol–water partition coefficient (Wildman–Crippen LogP) is 8.93. The molecule has 0 radical (unpaired) electrons. The summed E-state index contributed by atoms with van der Waals surface area (Å²) in [7, 11) is 0.0254.